The van der Waals surface area contributed by atoms with E-state index in [1.54, 1.807) is 0 Å². The predicted octanol–water partition coefficient (Wildman–Crippen LogP) is 4.29. The van der Waals surface area contributed by atoms with Crippen LogP contribution in [-0.4, -0.2) is 14.5 Å². The van der Waals surface area contributed by atoms with E-state index in [1.807, 2.05) is 24.4 Å². The fraction of sp³-hybridized carbons (Fsp3) is 0.333. The van der Waals surface area contributed by atoms with E-state index in [9.17, 15) is 0 Å². The summed E-state index contributed by atoms with van der Waals surface area (Å²) in [6.07, 6.45) is 3.00. The summed E-state index contributed by atoms with van der Waals surface area (Å²) in [4.78, 5) is 7.73. The Bertz CT molecular complexity index is 783. The van der Waals surface area contributed by atoms with Gasteiger partial charge in [0.25, 0.3) is 0 Å². The summed E-state index contributed by atoms with van der Waals surface area (Å²) in [5.74, 6) is 0.667. The molecule has 0 amide bonds. The standard InChI is InChI=1S/C15H17N3S/c1-10(2)7-8-18-14-11-5-3-4-6-12(11)16-9-13(14)17-15(18)19/h3-6,9-10H,7-8H2,1-2H3,(H,17,19). The summed E-state index contributed by atoms with van der Waals surface area (Å²) in [7, 11) is 0. The fourth-order valence-electron chi connectivity index (χ4n) is 2.39. The number of aromatic amines is 1. The zero-order chi connectivity index (χ0) is 13.4. The van der Waals surface area contributed by atoms with Crippen LogP contribution in [0.4, 0.5) is 0 Å². The maximum absolute atomic E-state index is 5.45. The van der Waals surface area contributed by atoms with E-state index < -0.39 is 0 Å². The van der Waals surface area contributed by atoms with E-state index in [0.29, 0.717) is 5.92 Å². The van der Waals surface area contributed by atoms with E-state index in [0.717, 1.165) is 34.2 Å². The highest BCUT2D eigenvalue weighted by Gasteiger charge is 2.09. The molecule has 2 heterocycles. The Morgan fingerprint density at radius 3 is 2.89 bits per heavy atom. The highest BCUT2D eigenvalue weighted by Crippen LogP contribution is 2.24. The second kappa shape index (κ2) is 4.78. The lowest BCUT2D eigenvalue weighted by atomic mass is 10.1. The molecule has 19 heavy (non-hydrogen) atoms. The number of pyridine rings is 1. The molecule has 3 aromatic rings. The Morgan fingerprint density at radius 1 is 1.32 bits per heavy atom. The van der Waals surface area contributed by atoms with Gasteiger partial charge in [-0.15, -0.1) is 0 Å². The molecule has 0 atom stereocenters. The SMILES string of the molecule is CC(C)CCn1c(=S)[nH]c2cnc3ccccc3c21. The maximum atomic E-state index is 5.45. The number of rotatable bonds is 3. The number of fused-ring (bicyclic) bond motifs is 3. The molecular weight excluding hydrogens is 254 g/mol. The quantitative estimate of drug-likeness (QED) is 0.721. The molecule has 1 aromatic carbocycles. The van der Waals surface area contributed by atoms with E-state index in [4.69, 9.17) is 12.2 Å². The smallest absolute Gasteiger partial charge is 0.178 e. The van der Waals surface area contributed by atoms with Crippen molar-refractivity contribution in [2.24, 2.45) is 5.92 Å². The van der Waals surface area contributed by atoms with Gasteiger partial charge in [0.2, 0.25) is 0 Å². The van der Waals surface area contributed by atoms with Crippen LogP contribution in [0.3, 0.4) is 0 Å². The zero-order valence-corrected chi connectivity index (χ0v) is 12.0. The average Bonchev–Trinajstić information content (AvgIpc) is 2.72. The Morgan fingerprint density at radius 2 is 2.11 bits per heavy atom. The van der Waals surface area contributed by atoms with Crippen molar-refractivity contribution in [3.05, 3.63) is 35.2 Å². The number of benzene rings is 1. The third-order valence-electron chi connectivity index (χ3n) is 3.43. The minimum Gasteiger partial charge on any atom is -0.329 e. The summed E-state index contributed by atoms with van der Waals surface area (Å²) >= 11 is 5.45. The molecule has 0 unspecified atom stereocenters. The van der Waals surface area contributed by atoms with Crippen molar-refractivity contribution >= 4 is 34.2 Å². The lowest BCUT2D eigenvalue weighted by Gasteiger charge is -2.08. The van der Waals surface area contributed by atoms with Crippen molar-refractivity contribution < 1.29 is 0 Å². The van der Waals surface area contributed by atoms with Crippen LogP contribution in [0.1, 0.15) is 20.3 Å². The number of nitrogens with zero attached hydrogens (tertiary/aromatic N) is 2. The van der Waals surface area contributed by atoms with Crippen molar-refractivity contribution in [1.82, 2.24) is 14.5 Å². The first-order chi connectivity index (χ1) is 9.16. The van der Waals surface area contributed by atoms with Gasteiger partial charge < -0.3 is 9.55 Å². The number of H-pyrrole nitrogens is 1. The van der Waals surface area contributed by atoms with Gasteiger partial charge in [0, 0.05) is 11.9 Å². The number of imidazole rings is 1. The molecule has 3 rings (SSSR count). The first-order valence-electron chi connectivity index (χ1n) is 6.63. The molecule has 1 N–H and O–H groups in total. The van der Waals surface area contributed by atoms with Crippen LogP contribution < -0.4 is 0 Å². The molecule has 0 bridgehead atoms. The van der Waals surface area contributed by atoms with Gasteiger partial charge >= 0.3 is 0 Å². The highest BCUT2D eigenvalue weighted by molar-refractivity contribution is 7.71. The first-order valence-corrected chi connectivity index (χ1v) is 7.04. The van der Waals surface area contributed by atoms with Gasteiger partial charge in [-0.25, -0.2) is 0 Å². The highest BCUT2D eigenvalue weighted by atomic mass is 32.1. The Labute approximate surface area is 117 Å². The van der Waals surface area contributed by atoms with Crippen LogP contribution in [0.25, 0.3) is 21.9 Å². The van der Waals surface area contributed by atoms with Gasteiger partial charge in [0.15, 0.2) is 4.77 Å². The van der Waals surface area contributed by atoms with Gasteiger partial charge in [-0.05, 0) is 30.6 Å². The van der Waals surface area contributed by atoms with Crippen molar-refractivity contribution in [2.75, 3.05) is 0 Å². The summed E-state index contributed by atoms with van der Waals surface area (Å²) in [6.45, 7) is 5.42. The number of para-hydroxylation sites is 1. The predicted molar refractivity (Wildman–Crippen MR) is 81.9 cm³/mol. The normalized spacial score (nSPS) is 11.7. The number of aromatic nitrogens is 3. The number of hydrogen-bond donors (Lipinski definition) is 1. The van der Waals surface area contributed by atoms with Crippen molar-refractivity contribution in [3.63, 3.8) is 0 Å². The van der Waals surface area contributed by atoms with Crippen LogP contribution in [-0.2, 0) is 6.54 Å². The molecule has 0 fully saturated rings. The molecule has 0 aliphatic heterocycles. The lowest BCUT2D eigenvalue weighted by Crippen LogP contribution is -2.01. The van der Waals surface area contributed by atoms with Crippen molar-refractivity contribution in [3.8, 4) is 0 Å². The fourth-order valence-corrected chi connectivity index (χ4v) is 2.69. The maximum Gasteiger partial charge on any atom is 0.178 e. The topological polar surface area (TPSA) is 33.6 Å². The van der Waals surface area contributed by atoms with E-state index in [-0.39, 0.29) is 0 Å². The number of hydrogen-bond acceptors (Lipinski definition) is 2. The molecule has 2 aromatic heterocycles. The molecule has 0 aliphatic rings. The Kier molecular flexibility index (Phi) is 3.11. The minimum atomic E-state index is 0.667. The summed E-state index contributed by atoms with van der Waals surface area (Å²) in [6, 6.07) is 8.21. The van der Waals surface area contributed by atoms with Crippen LogP contribution in [0.15, 0.2) is 30.5 Å². The third kappa shape index (κ3) is 2.16. The summed E-state index contributed by atoms with van der Waals surface area (Å²) in [5.41, 5.74) is 3.21. The molecule has 0 saturated heterocycles. The van der Waals surface area contributed by atoms with Gasteiger partial charge in [0.1, 0.15) is 0 Å². The lowest BCUT2D eigenvalue weighted by molar-refractivity contribution is 0.520. The second-order valence-corrected chi connectivity index (χ2v) is 5.69. The van der Waals surface area contributed by atoms with Crippen LogP contribution in [0, 0.1) is 10.7 Å². The number of aryl methyl sites for hydroxylation is 1. The van der Waals surface area contributed by atoms with Gasteiger partial charge in [0.05, 0.1) is 22.7 Å². The Balaban J connectivity index is 2.27. The van der Waals surface area contributed by atoms with Gasteiger partial charge in [-0.1, -0.05) is 32.0 Å². The molecule has 0 radical (unpaired) electrons. The molecule has 0 saturated carbocycles. The monoisotopic (exact) mass is 271 g/mol. The summed E-state index contributed by atoms with van der Waals surface area (Å²) in [5, 5.41) is 1.16. The van der Waals surface area contributed by atoms with E-state index in [1.165, 1.54) is 5.52 Å². The van der Waals surface area contributed by atoms with Gasteiger partial charge in [-0.2, -0.15) is 0 Å². The minimum absolute atomic E-state index is 0.667. The molecule has 0 aliphatic carbocycles. The van der Waals surface area contributed by atoms with Crippen molar-refractivity contribution in [2.45, 2.75) is 26.8 Å². The molecule has 98 valence electrons. The molecule has 0 spiro atoms. The summed E-state index contributed by atoms with van der Waals surface area (Å²) < 4.78 is 2.99. The van der Waals surface area contributed by atoms with Crippen molar-refractivity contribution in [1.29, 1.82) is 0 Å². The molecule has 3 nitrogen and oxygen atoms in total. The molecule has 4 heteroatoms. The molecular formula is C15H17N3S. The van der Waals surface area contributed by atoms with E-state index >= 15 is 0 Å². The Hall–Kier alpha value is -1.68. The number of nitrogens with one attached hydrogen (secondary N) is 1. The van der Waals surface area contributed by atoms with Crippen LogP contribution in [0.5, 0.6) is 0 Å². The first kappa shape index (κ1) is 12.4. The van der Waals surface area contributed by atoms with Crippen LogP contribution in [0.2, 0.25) is 0 Å². The second-order valence-electron chi connectivity index (χ2n) is 5.30. The van der Waals surface area contributed by atoms with Crippen LogP contribution >= 0.6 is 12.2 Å². The third-order valence-corrected chi connectivity index (χ3v) is 3.76. The van der Waals surface area contributed by atoms with E-state index in [2.05, 4.69) is 34.4 Å². The average molecular weight is 271 g/mol. The zero-order valence-electron chi connectivity index (χ0n) is 11.2. The largest absolute Gasteiger partial charge is 0.329 e. The van der Waals surface area contributed by atoms with Gasteiger partial charge in [-0.3, -0.25) is 4.98 Å².